The molecule has 4 nitrogen and oxygen atoms in total. The zero-order chi connectivity index (χ0) is 12.8. The molecule has 0 aromatic rings. The second kappa shape index (κ2) is 6.89. The fraction of sp³-hybridized carbons (Fsp3) is 0.833. The van der Waals surface area contributed by atoms with Gasteiger partial charge in [-0.1, -0.05) is 13.3 Å². The first-order chi connectivity index (χ1) is 8.10. The minimum atomic E-state index is -0.833. The lowest BCUT2D eigenvalue weighted by molar-refractivity contribution is -0.146. The lowest BCUT2D eigenvalue weighted by atomic mass is 9.95. The molecule has 0 aromatic carbocycles. The van der Waals surface area contributed by atoms with Crippen LogP contribution in [-0.4, -0.2) is 35.0 Å². The van der Waals surface area contributed by atoms with Gasteiger partial charge in [0.1, 0.15) is 0 Å². The van der Waals surface area contributed by atoms with Crippen molar-refractivity contribution >= 4 is 23.6 Å². The number of rotatable bonds is 6. The number of carboxylic acid groups (broad SMARTS) is 1. The predicted molar refractivity (Wildman–Crippen MR) is 69.1 cm³/mol. The molecule has 1 unspecified atom stereocenters. The van der Waals surface area contributed by atoms with Crippen LogP contribution in [-0.2, 0) is 9.59 Å². The minimum Gasteiger partial charge on any atom is -0.481 e. The van der Waals surface area contributed by atoms with Gasteiger partial charge in [-0.3, -0.25) is 9.59 Å². The van der Waals surface area contributed by atoms with Crippen LogP contribution < -0.4 is 5.32 Å². The summed E-state index contributed by atoms with van der Waals surface area (Å²) >= 11 is 1.69. The lowest BCUT2D eigenvalue weighted by Gasteiger charge is -2.20. The molecule has 1 aliphatic rings. The van der Waals surface area contributed by atoms with Crippen LogP contribution in [0.5, 0.6) is 0 Å². The third-order valence-corrected chi connectivity index (χ3v) is 4.11. The zero-order valence-corrected chi connectivity index (χ0v) is 11.3. The summed E-state index contributed by atoms with van der Waals surface area (Å²) in [6.07, 6.45) is 5.07. The molecule has 0 bridgehead atoms. The first kappa shape index (κ1) is 14.4. The van der Waals surface area contributed by atoms with Crippen LogP contribution in [0.1, 0.15) is 32.6 Å². The predicted octanol–water partition coefficient (Wildman–Crippen LogP) is 1.75. The van der Waals surface area contributed by atoms with E-state index in [0.717, 1.165) is 18.6 Å². The quantitative estimate of drug-likeness (QED) is 0.762. The van der Waals surface area contributed by atoms with Gasteiger partial charge in [0.25, 0.3) is 0 Å². The molecule has 1 amide bonds. The Morgan fingerprint density at radius 3 is 2.59 bits per heavy atom. The maximum absolute atomic E-state index is 12.0. The molecule has 5 heteroatoms. The molecule has 0 saturated heterocycles. The molecule has 0 radical (unpaired) electrons. The topological polar surface area (TPSA) is 66.4 Å². The molecule has 0 aliphatic heterocycles. The highest BCUT2D eigenvalue weighted by Crippen LogP contribution is 2.32. The van der Waals surface area contributed by atoms with Crippen molar-refractivity contribution in [2.24, 2.45) is 11.8 Å². The number of hydrogen-bond acceptors (Lipinski definition) is 3. The van der Waals surface area contributed by atoms with Gasteiger partial charge >= 0.3 is 5.97 Å². The van der Waals surface area contributed by atoms with E-state index in [4.69, 9.17) is 5.11 Å². The third kappa shape index (κ3) is 3.91. The summed E-state index contributed by atoms with van der Waals surface area (Å²) in [5, 5.41) is 12.0. The summed E-state index contributed by atoms with van der Waals surface area (Å²) in [5.41, 5.74) is 0. The number of hydrogen-bond donors (Lipinski definition) is 2. The Bertz CT molecular complexity index is 283. The van der Waals surface area contributed by atoms with Crippen LogP contribution in [0, 0.1) is 11.8 Å². The Morgan fingerprint density at radius 2 is 2.06 bits per heavy atom. The largest absolute Gasteiger partial charge is 0.481 e. The smallest absolute Gasteiger partial charge is 0.307 e. The normalized spacial score (nSPS) is 25.5. The fourth-order valence-electron chi connectivity index (χ4n) is 2.34. The van der Waals surface area contributed by atoms with E-state index in [-0.39, 0.29) is 17.9 Å². The van der Waals surface area contributed by atoms with E-state index in [1.807, 2.05) is 13.2 Å². The van der Waals surface area contributed by atoms with Crippen molar-refractivity contribution in [1.29, 1.82) is 0 Å². The molecule has 0 aromatic heterocycles. The van der Waals surface area contributed by atoms with E-state index < -0.39 is 11.9 Å². The molecular formula is C12H21NO3S. The van der Waals surface area contributed by atoms with E-state index in [9.17, 15) is 9.59 Å². The van der Waals surface area contributed by atoms with Crippen molar-refractivity contribution in [3.63, 3.8) is 0 Å². The second-order valence-electron chi connectivity index (χ2n) is 4.55. The van der Waals surface area contributed by atoms with E-state index in [1.54, 1.807) is 11.8 Å². The van der Waals surface area contributed by atoms with Gasteiger partial charge in [0.2, 0.25) is 5.91 Å². The average molecular weight is 259 g/mol. The average Bonchev–Trinajstić information content (AvgIpc) is 2.77. The van der Waals surface area contributed by atoms with Crippen molar-refractivity contribution in [1.82, 2.24) is 5.32 Å². The molecule has 98 valence electrons. The van der Waals surface area contributed by atoms with Crippen LogP contribution >= 0.6 is 11.8 Å². The van der Waals surface area contributed by atoms with Crippen LogP contribution in [0.4, 0.5) is 0 Å². The molecule has 0 heterocycles. The third-order valence-electron chi connectivity index (χ3n) is 3.38. The number of thioether (sulfide) groups is 1. The Labute approximate surface area is 107 Å². The van der Waals surface area contributed by atoms with E-state index in [1.165, 1.54) is 0 Å². The van der Waals surface area contributed by atoms with Crippen molar-refractivity contribution < 1.29 is 14.7 Å². The van der Waals surface area contributed by atoms with Crippen molar-refractivity contribution in [3.05, 3.63) is 0 Å². The first-order valence-corrected chi connectivity index (χ1v) is 7.51. The van der Waals surface area contributed by atoms with Gasteiger partial charge in [-0.25, -0.2) is 0 Å². The summed E-state index contributed by atoms with van der Waals surface area (Å²) in [4.78, 5) is 23.0. The first-order valence-electron chi connectivity index (χ1n) is 6.12. The van der Waals surface area contributed by atoms with Crippen LogP contribution in [0.2, 0.25) is 0 Å². The van der Waals surface area contributed by atoms with Gasteiger partial charge in [0, 0.05) is 11.8 Å². The SMILES string of the molecule is CCC(CSC)NC(=O)[C@@H]1CCC[C@@H]1C(=O)O. The number of aliphatic carboxylic acids is 1. The van der Waals surface area contributed by atoms with Crippen LogP contribution in [0.25, 0.3) is 0 Å². The molecule has 17 heavy (non-hydrogen) atoms. The summed E-state index contributed by atoms with van der Waals surface area (Å²) in [6, 6.07) is 0.160. The van der Waals surface area contributed by atoms with Gasteiger partial charge in [-0.15, -0.1) is 0 Å². The number of carbonyl (C=O) groups excluding carboxylic acids is 1. The minimum absolute atomic E-state index is 0.0733. The van der Waals surface area contributed by atoms with Gasteiger partial charge in [0.15, 0.2) is 0 Å². The molecule has 1 rings (SSSR count). The molecule has 3 atom stereocenters. The van der Waals surface area contributed by atoms with E-state index in [0.29, 0.717) is 12.8 Å². The summed E-state index contributed by atoms with van der Waals surface area (Å²) in [6.45, 7) is 2.03. The highest BCUT2D eigenvalue weighted by Gasteiger charge is 2.38. The van der Waals surface area contributed by atoms with Crippen molar-refractivity contribution in [2.75, 3.05) is 12.0 Å². The van der Waals surface area contributed by atoms with Gasteiger partial charge < -0.3 is 10.4 Å². The lowest BCUT2D eigenvalue weighted by Crippen LogP contribution is -2.42. The fourth-order valence-corrected chi connectivity index (χ4v) is 3.06. The van der Waals surface area contributed by atoms with E-state index >= 15 is 0 Å². The molecule has 2 N–H and O–H groups in total. The summed E-state index contributed by atoms with van der Waals surface area (Å²) in [7, 11) is 0. The van der Waals surface area contributed by atoms with Crippen molar-refractivity contribution in [2.45, 2.75) is 38.6 Å². The number of nitrogens with one attached hydrogen (secondary N) is 1. The molecule has 0 spiro atoms. The monoisotopic (exact) mass is 259 g/mol. The summed E-state index contributed by atoms with van der Waals surface area (Å²) < 4.78 is 0. The molecular weight excluding hydrogens is 238 g/mol. The highest BCUT2D eigenvalue weighted by molar-refractivity contribution is 7.98. The van der Waals surface area contributed by atoms with Gasteiger partial charge in [0.05, 0.1) is 11.8 Å². The molecule has 1 saturated carbocycles. The highest BCUT2D eigenvalue weighted by atomic mass is 32.2. The number of carbonyl (C=O) groups is 2. The molecule has 1 aliphatic carbocycles. The second-order valence-corrected chi connectivity index (χ2v) is 5.46. The molecule has 1 fully saturated rings. The van der Waals surface area contributed by atoms with Crippen LogP contribution in [0.3, 0.4) is 0 Å². The standard InChI is InChI=1S/C12H21NO3S/c1-3-8(7-17-2)13-11(14)9-5-4-6-10(9)12(15)16/h8-10H,3-7H2,1-2H3,(H,13,14)(H,15,16)/t8?,9-,10+/m1/s1. The van der Waals surface area contributed by atoms with Crippen LogP contribution in [0.15, 0.2) is 0 Å². The maximum atomic E-state index is 12.0. The zero-order valence-electron chi connectivity index (χ0n) is 10.4. The number of amides is 1. The Kier molecular flexibility index (Phi) is 5.82. The summed E-state index contributed by atoms with van der Waals surface area (Å²) in [5.74, 6) is -0.839. The maximum Gasteiger partial charge on any atom is 0.307 e. The number of carboxylic acids is 1. The Hall–Kier alpha value is -0.710. The van der Waals surface area contributed by atoms with Crippen molar-refractivity contribution in [3.8, 4) is 0 Å². The Morgan fingerprint density at radius 1 is 1.41 bits per heavy atom. The van der Waals surface area contributed by atoms with Gasteiger partial charge in [-0.2, -0.15) is 11.8 Å². The van der Waals surface area contributed by atoms with Gasteiger partial charge in [-0.05, 0) is 25.5 Å². The van der Waals surface area contributed by atoms with E-state index in [2.05, 4.69) is 5.32 Å². The Balaban J connectivity index is 2.54.